The summed E-state index contributed by atoms with van der Waals surface area (Å²) in [4.78, 5) is 52.2. The molecule has 30 heavy (non-hydrogen) atoms. The van der Waals surface area contributed by atoms with E-state index in [1.165, 1.54) is 0 Å². The second-order valence-corrected chi connectivity index (χ2v) is 7.14. The number of rotatable bonds is 6. The normalized spacial score (nSPS) is 18.0. The first-order chi connectivity index (χ1) is 14.5. The third kappa shape index (κ3) is 3.63. The van der Waals surface area contributed by atoms with Crippen LogP contribution < -0.4 is 15.0 Å². The van der Waals surface area contributed by atoms with Gasteiger partial charge in [-0.15, -0.1) is 0 Å². The molecule has 1 N–H and O–H groups in total. The van der Waals surface area contributed by atoms with Crippen LogP contribution in [0.25, 0.3) is 0 Å². The molecule has 8 nitrogen and oxygen atoms in total. The van der Waals surface area contributed by atoms with Crippen LogP contribution in [0.1, 0.15) is 34.1 Å². The maximum Gasteiger partial charge on any atom is 0.262 e. The van der Waals surface area contributed by atoms with Crippen LogP contribution >= 0.6 is 0 Å². The van der Waals surface area contributed by atoms with E-state index >= 15 is 0 Å². The van der Waals surface area contributed by atoms with Gasteiger partial charge < -0.3 is 15.0 Å². The number of anilines is 1. The number of imide groups is 1. The van der Waals surface area contributed by atoms with E-state index < -0.39 is 23.8 Å². The van der Waals surface area contributed by atoms with Crippen molar-refractivity contribution in [1.29, 1.82) is 0 Å². The number of benzene rings is 2. The highest BCUT2D eigenvalue weighted by Crippen LogP contribution is 2.25. The minimum atomic E-state index is -0.482. The molecule has 0 radical (unpaired) electrons. The first-order valence-corrected chi connectivity index (χ1v) is 9.75. The van der Waals surface area contributed by atoms with E-state index in [1.54, 1.807) is 53.4 Å². The molecule has 2 aliphatic rings. The first kappa shape index (κ1) is 19.6. The molecule has 2 aromatic rings. The molecule has 2 heterocycles. The Hall–Kier alpha value is -3.68. The van der Waals surface area contributed by atoms with Gasteiger partial charge in [0.2, 0.25) is 11.8 Å². The zero-order valence-electron chi connectivity index (χ0n) is 16.5. The largest absolute Gasteiger partial charge is 0.494 e. The van der Waals surface area contributed by atoms with Crippen LogP contribution in [-0.2, 0) is 9.59 Å². The zero-order chi connectivity index (χ0) is 21.3. The predicted molar refractivity (Wildman–Crippen MR) is 108 cm³/mol. The van der Waals surface area contributed by atoms with Crippen molar-refractivity contribution in [2.24, 2.45) is 0 Å². The second-order valence-electron chi connectivity index (χ2n) is 7.14. The van der Waals surface area contributed by atoms with Crippen LogP contribution in [0.15, 0.2) is 48.5 Å². The van der Waals surface area contributed by atoms with E-state index in [4.69, 9.17) is 4.74 Å². The van der Waals surface area contributed by atoms with Crippen LogP contribution in [0.2, 0.25) is 0 Å². The minimum Gasteiger partial charge on any atom is -0.494 e. The molecule has 0 aliphatic carbocycles. The van der Waals surface area contributed by atoms with Crippen molar-refractivity contribution in [1.82, 2.24) is 10.2 Å². The molecule has 0 saturated carbocycles. The summed E-state index contributed by atoms with van der Waals surface area (Å²) in [5, 5.41) is 2.76. The highest BCUT2D eigenvalue weighted by Gasteiger charge is 2.37. The number of carbonyl (C=O) groups is 4. The van der Waals surface area contributed by atoms with Gasteiger partial charge in [-0.2, -0.15) is 0 Å². The Morgan fingerprint density at radius 3 is 2.27 bits per heavy atom. The molecule has 0 unspecified atom stereocenters. The monoisotopic (exact) mass is 407 g/mol. The number of nitrogens with zero attached hydrogens (tertiary/aromatic N) is 2. The molecule has 1 atom stereocenters. The Balaban J connectivity index is 1.36. The Kier molecular flexibility index (Phi) is 5.22. The number of ether oxygens (including phenoxy) is 1. The van der Waals surface area contributed by atoms with Crippen molar-refractivity contribution in [3.8, 4) is 5.75 Å². The van der Waals surface area contributed by atoms with E-state index in [9.17, 15) is 19.2 Å². The van der Waals surface area contributed by atoms with Gasteiger partial charge in [0.1, 0.15) is 12.3 Å². The molecule has 2 aromatic carbocycles. The van der Waals surface area contributed by atoms with Gasteiger partial charge in [-0.05, 0) is 43.3 Å². The number of amides is 4. The lowest BCUT2D eigenvalue weighted by Gasteiger charge is -2.19. The summed E-state index contributed by atoms with van der Waals surface area (Å²) in [6.45, 7) is 2.40. The van der Waals surface area contributed by atoms with Crippen LogP contribution in [0.5, 0.6) is 5.75 Å². The smallest absolute Gasteiger partial charge is 0.262 e. The molecule has 4 amide bonds. The van der Waals surface area contributed by atoms with Crippen molar-refractivity contribution in [2.45, 2.75) is 19.4 Å². The molecule has 0 spiro atoms. The highest BCUT2D eigenvalue weighted by atomic mass is 16.5. The van der Waals surface area contributed by atoms with Crippen LogP contribution in [0.4, 0.5) is 5.69 Å². The summed E-state index contributed by atoms with van der Waals surface area (Å²) in [6, 6.07) is 13.3. The molecule has 4 rings (SSSR count). The second kappa shape index (κ2) is 7.98. The Morgan fingerprint density at radius 2 is 1.67 bits per heavy atom. The summed E-state index contributed by atoms with van der Waals surface area (Å²) in [5.74, 6) is -0.826. The van der Waals surface area contributed by atoms with Crippen molar-refractivity contribution >= 4 is 29.3 Å². The van der Waals surface area contributed by atoms with Gasteiger partial charge in [0.15, 0.2) is 0 Å². The number of nitrogens with one attached hydrogen (secondary N) is 1. The average molecular weight is 407 g/mol. The van der Waals surface area contributed by atoms with Gasteiger partial charge in [0.05, 0.1) is 23.8 Å². The fourth-order valence-corrected chi connectivity index (χ4v) is 3.74. The number of fused-ring (bicyclic) bond motifs is 1. The molecule has 8 heteroatoms. The summed E-state index contributed by atoms with van der Waals surface area (Å²) < 4.78 is 5.41. The van der Waals surface area contributed by atoms with Gasteiger partial charge >= 0.3 is 0 Å². The molecular weight excluding hydrogens is 386 g/mol. The van der Waals surface area contributed by atoms with Crippen LogP contribution in [0.3, 0.4) is 0 Å². The average Bonchev–Trinajstić information content (AvgIpc) is 3.21. The first-order valence-electron chi connectivity index (χ1n) is 9.75. The maximum absolute atomic E-state index is 12.5. The van der Waals surface area contributed by atoms with Crippen LogP contribution in [0, 0.1) is 0 Å². The summed E-state index contributed by atoms with van der Waals surface area (Å²) in [7, 11) is 0. The molecule has 1 fully saturated rings. The van der Waals surface area contributed by atoms with Crippen molar-refractivity contribution in [2.75, 3.05) is 24.6 Å². The van der Waals surface area contributed by atoms with E-state index in [0.717, 1.165) is 16.3 Å². The van der Waals surface area contributed by atoms with E-state index in [-0.39, 0.29) is 18.9 Å². The summed E-state index contributed by atoms with van der Waals surface area (Å²) in [5.41, 5.74) is 1.32. The number of hydrogen-bond donors (Lipinski definition) is 1. The predicted octanol–water partition coefficient (Wildman–Crippen LogP) is 1.60. The SMILES string of the molecule is CCOc1ccc(N2C[C@@H](NC(=O)CN3C(=O)c4ccccc4C3=O)CC2=O)cc1. The molecular formula is C22H21N3O5. The van der Waals surface area contributed by atoms with Crippen molar-refractivity contribution < 1.29 is 23.9 Å². The standard InChI is InChI=1S/C22H21N3O5/c1-2-30-16-9-7-15(8-10-16)24-12-14(11-20(24)27)23-19(26)13-25-21(28)17-5-3-4-6-18(17)22(25)29/h3-10,14H,2,11-13H2,1H3,(H,23,26)/t14-/m0/s1. The molecule has 2 aliphatic heterocycles. The van der Waals surface area contributed by atoms with E-state index in [1.807, 2.05) is 6.92 Å². The topological polar surface area (TPSA) is 96.0 Å². The van der Waals surface area contributed by atoms with E-state index in [2.05, 4.69) is 5.32 Å². The Bertz CT molecular complexity index is 983. The maximum atomic E-state index is 12.5. The van der Waals surface area contributed by atoms with Crippen LogP contribution in [-0.4, -0.2) is 54.3 Å². The fourth-order valence-electron chi connectivity index (χ4n) is 3.74. The Labute approximate surface area is 173 Å². The Morgan fingerprint density at radius 1 is 1.03 bits per heavy atom. The minimum absolute atomic E-state index is 0.106. The summed E-state index contributed by atoms with van der Waals surface area (Å²) in [6.07, 6.45) is 0.154. The molecule has 0 bridgehead atoms. The molecule has 154 valence electrons. The molecule has 1 saturated heterocycles. The quantitative estimate of drug-likeness (QED) is 0.734. The lowest BCUT2D eigenvalue weighted by molar-refractivity contribution is -0.122. The van der Waals surface area contributed by atoms with Crippen molar-refractivity contribution in [3.05, 3.63) is 59.7 Å². The third-order valence-corrected chi connectivity index (χ3v) is 5.13. The fraction of sp³-hybridized carbons (Fsp3) is 0.273. The zero-order valence-corrected chi connectivity index (χ0v) is 16.5. The summed E-state index contributed by atoms with van der Waals surface area (Å²) >= 11 is 0. The highest BCUT2D eigenvalue weighted by molar-refractivity contribution is 6.22. The molecule has 0 aromatic heterocycles. The lowest BCUT2D eigenvalue weighted by atomic mass is 10.1. The van der Waals surface area contributed by atoms with E-state index in [0.29, 0.717) is 24.3 Å². The lowest BCUT2D eigenvalue weighted by Crippen LogP contribution is -2.44. The third-order valence-electron chi connectivity index (χ3n) is 5.13. The van der Waals surface area contributed by atoms with Crippen molar-refractivity contribution in [3.63, 3.8) is 0 Å². The van der Waals surface area contributed by atoms with Gasteiger partial charge in [0.25, 0.3) is 11.8 Å². The van der Waals surface area contributed by atoms with Gasteiger partial charge in [-0.1, -0.05) is 12.1 Å². The number of carbonyl (C=O) groups excluding carboxylic acids is 4. The van der Waals surface area contributed by atoms with Gasteiger partial charge in [-0.3, -0.25) is 24.1 Å². The number of hydrogen-bond acceptors (Lipinski definition) is 5. The van der Waals surface area contributed by atoms with Gasteiger partial charge in [-0.25, -0.2) is 0 Å². The van der Waals surface area contributed by atoms with Gasteiger partial charge in [0, 0.05) is 18.7 Å².